The molecule has 6 nitrogen and oxygen atoms in total. The van der Waals surface area contributed by atoms with Crippen molar-refractivity contribution >= 4 is 17.6 Å². The Labute approximate surface area is 152 Å². The zero-order chi connectivity index (χ0) is 18.5. The van der Waals surface area contributed by atoms with Crippen LogP contribution in [0.25, 0.3) is 11.3 Å². The van der Waals surface area contributed by atoms with Crippen molar-refractivity contribution in [2.75, 3.05) is 17.7 Å². The predicted molar refractivity (Wildman–Crippen MR) is 102 cm³/mol. The molecule has 0 aliphatic heterocycles. The minimum atomic E-state index is -0.970. The molecule has 26 heavy (non-hydrogen) atoms. The van der Waals surface area contributed by atoms with Crippen LogP contribution in [-0.2, 0) is 0 Å². The number of hydrogen-bond donors (Lipinski definition) is 3. The monoisotopic (exact) mass is 348 g/mol. The lowest BCUT2D eigenvalue weighted by molar-refractivity contribution is 0.0697. The Morgan fingerprint density at radius 3 is 2.54 bits per heavy atom. The quantitative estimate of drug-likeness (QED) is 0.623. The van der Waals surface area contributed by atoms with Gasteiger partial charge in [-0.2, -0.15) is 0 Å². The van der Waals surface area contributed by atoms with E-state index < -0.39 is 5.97 Å². The molecule has 0 spiro atoms. The van der Waals surface area contributed by atoms with E-state index in [4.69, 9.17) is 0 Å². The summed E-state index contributed by atoms with van der Waals surface area (Å²) in [6, 6.07) is 16.8. The molecule has 3 aromatic rings. The van der Waals surface area contributed by atoms with Crippen molar-refractivity contribution in [3.63, 3.8) is 0 Å². The van der Waals surface area contributed by atoms with Gasteiger partial charge in [-0.15, -0.1) is 0 Å². The minimum absolute atomic E-state index is 0.0400. The third-order valence-corrected chi connectivity index (χ3v) is 4.07. The van der Waals surface area contributed by atoms with Crippen molar-refractivity contribution in [1.29, 1.82) is 0 Å². The van der Waals surface area contributed by atoms with Gasteiger partial charge in [0.2, 0.25) is 0 Å². The molecule has 0 fully saturated rings. The van der Waals surface area contributed by atoms with Gasteiger partial charge in [0.25, 0.3) is 0 Å². The molecule has 6 heteroatoms. The Bertz CT molecular complexity index is 913. The van der Waals surface area contributed by atoms with Crippen LogP contribution in [0.2, 0.25) is 0 Å². The number of benzene rings is 2. The first-order chi connectivity index (χ1) is 12.6. The standard InChI is InChI=1S/C20H20N4O2/c1-13(14-7-4-3-5-8-14)23-19-18(21-2)22-12-17(24-19)15-9-6-10-16(11-15)20(25)26/h3-13H,1-2H3,(H,21,22)(H,23,24)(H,25,26)/t13-/m1/s1. The first kappa shape index (κ1) is 17.4. The van der Waals surface area contributed by atoms with Gasteiger partial charge in [0.15, 0.2) is 11.6 Å². The van der Waals surface area contributed by atoms with Crippen LogP contribution in [0.4, 0.5) is 11.6 Å². The van der Waals surface area contributed by atoms with Crippen LogP contribution in [0.5, 0.6) is 0 Å². The summed E-state index contributed by atoms with van der Waals surface area (Å²) in [5.41, 5.74) is 2.66. The molecule has 3 N–H and O–H groups in total. The minimum Gasteiger partial charge on any atom is -0.478 e. The fourth-order valence-corrected chi connectivity index (χ4v) is 2.65. The van der Waals surface area contributed by atoms with Gasteiger partial charge in [-0.05, 0) is 24.6 Å². The van der Waals surface area contributed by atoms with E-state index in [1.54, 1.807) is 31.4 Å². The Morgan fingerprint density at radius 2 is 1.85 bits per heavy atom. The number of hydrogen-bond acceptors (Lipinski definition) is 5. The number of carbonyl (C=O) groups is 1. The maximum atomic E-state index is 11.2. The van der Waals surface area contributed by atoms with Crippen LogP contribution in [-0.4, -0.2) is 28.1 Å². The number of aromatic carboxylic acids is 1. The van der Waals surface area contributed by atoms with Crippen molar-refractivity contribution in [3.05, 3.63) is 71.9 Å². The number of anilines is 2. The van der Waals surface area contributed by atoms with Gasteiger partial charge in [-0.3, -0.25) is 0 Å². The highest BCUT2D eigenvalue weighted by Gasteiger charge is 2.13. The van der Waals surface area contributed by atoms with Crippen LogP contribution in [0, 0.1) is 0 Å². The van der Waals surface area contributed by atoms with Gasteiger partial charge in [-0.1, -0.05) is 42.5 Å². The van der Waals surface area contributed by atoms with Gasteiger partial charge < -0.3 is 15.7 Å². The molecule has 0 aliphatic carbocycles. The predicted octanol–water partition coefficient (Wildman–Crippen LogP) is 4.06. The Hall–Kier alpha value is -3.41. The molecule has 3 rings (SSSR count). The highest BCUT2D eigenvalue weighted by molar-refractivity contribution is 5.89. The van der Waals surface area contributed by atoms with Crippen molar-refractivity contribution < 1.29 is 9.90 Å². The summed E-state index contributed by atoms with van der Waals surface area (Å²) in [7, 11) is 1.78. The topological polar surface area (TPSA) is 87.1 Å². The van der Waals surface area contributed by atoms with Crippen LogP contribution < -0.4 is 10.6 Å². The first-order valence-corrected chi connectivity index (χ1v) is 8.28. The number of carboxylic acids is 1. The summed E-state index contributed by atoms with van der Waals surface area (Å²) < 4.78 is 0. The molecule has 0 saturated carbocycles. The molecule has 1 atom stereocenters. The normalized spacial score (nSPS) is 11.6. The van der Waals surface area contributed by atoms with Gasteiger partial charge in [0, 0.05) is 12.6 Å². The molecular weight excluding hydrogens is 328 g/mol. The van der Waals surface area contributed by atoms with Crippen LogP contribution in [0.15, 0.2) is 60.8 Å². The summed E-state index contributed by atoms with van der Waals surface area (Å²) in [6.07, 6.45) is 1.63. The molecule has 0 bridgehead atoms. The molecule has 2 aromatic carbocycles. The lowest BCUT2D eigenvalue weighted by Crippen LogP contribution is -2.11. The summed E-state index contributed by atoms with van der Waals surface area (Å²) in [5.74, 6) is 0.274. The number of nitrogens with one attached hydrogen (secondary N) is 2. The highest BCUT2D eigenvalue weighted by atomic mass is 16.4. The van der Waals surface area contributed by atoms with E-state index in [0.29, 0.717) is 22.9 Å². The van der Waals surface area contributed by atoms with E-state index in [-0.39, 0.29) is 11.6 Å². The summed E-state index contributed by atoms with van der Waals surface area (Å²) in [6.45, 7) is 2.05. The molecule has 0 saturated heterocycles. The molecule has 0 amide bonds. The fraction of sp³-hybridized carbons (Fsp3) is 0.150. The van der Waals surface area contributed by atoms with Crippen LogP contribution >= 0.6 is 0 Å². The average molecular weight is 348 g/mol. The second-order valence-corrected chi connectivity index (χ2v) is 5.87. The number of rotatable bonds is 6. The largest absolute Gasteiger partial charge is 0.478 e. The van der Waals surface area contributed by atoms with Gasteiger partial charge in [0.1, 0.15) is 0 Å². The van der Waals surface area contributed by atoms with Crippen LogP contribution in [0.1, 0.15) is 28.9 Å². The number of nitrogens with zero attached hydrogens (tertiary/aromatic N) is 2. The molecule has 0 unspecified atom stereocenters. The number of aromatic nitrogens is 2. The van der Waals surface area contributed by atoms with Gasteiger partial charge in [0.05, 0.1) is 23.5 Å². The smallest absolute Gasteiger partial charge is 0.335 e. The Balaban J connectivity index is 1.94. The Kier molecular flexibility index (Phi) is 5.12. The summed E-state index contributed by atoms with van der Waals surface area (Å²) >= 11 is 0. The third kappa shape index (κ3) is 3.80. The SMILES string of the molecule is CNc1ncc(-c2cccc(C(=O)O)c2)nc1N[C@H](C)c1ccccc1. The van der Waals surface area contributed by atoms with E-state index in [1.165, 1.54) is 0 Å². The maximum Gasteiger partial charge on any atom is 0.335 e. The second-order valence-electron chi connectivity index (χ2n) is 5.87. The summed E-state index contributed by atoms with van der Waals surface area (Å²) in [4.78, 5) is 20.3. The van der Waals surface area contributed by atoms with Gasteiger partial charge >= 0.3 is 5.97 Å². The average Bonchev–Trinajstić information content (AvgIpc) is 2.68. The molecule has 1 aromatic heterocycles. The second kappa shape index (κ2) is 7.65. The van der Waals surface area contributed by atoms with E-state index in [9.17, 15) is 9.90 Å². The van der Waals surface area contributed by atoms with Crippen molar-refractivity contribution in [3.8, 4) is 11.3 Å². The van der Waals surface area contributed by atoms with Gasteiger partial charge in [-0.25, -0.2) is 14.8 Å². The first-order valence-electron chi connectivity index (χ1n) is 8.28. The fourth-order valence-electron chi connectivity index (χ4n) is 2.65. The number of carboxylic acid groups (broad SMARTS) is 1. The highest BCUT2D eigenvalue weighted by Crippen LogP contribution is 2.26. The van der Waals surface area contributed by atoms with Crippen molar-refractivity contribution in [2.24, 2.45) is 0 Å². The van der Waals surface area contributed by atoms with Crippen molar-refractivity contribution in [1.82, 2.24) is 9.97 Å². The lowest BCUT2D eigenvalue weighted by atomic mass is 10.1. The molecule has 0 radical (unpaired) electrons. The zero-order valence-corrected chi connectivity index (χ0v) is 14.6. The Morgan fingerprint density at radius 1 is 1.08 bits per heavy atom. The molecule has 1 heterocycles. The lowest BCUT2D eigenvalue weighted by Gasteiger charge is -2.17. The van der Waals surface area contributed by atoms with E-state index in [1.807, 2.05) is 43.3 Å². The molecule has 0 aliphatic rings. The summed E-state index contributed by atoms with van der Waals surface area (Å²) in [5, 5.41) is 15.6. The van der Waals surface area contributed by atoms with Crippen LogP contribution in [0.3, 0.4) is 0 Å². The molecular formula is C20H20N4O2. The van der Waals surface area contributed by atoms with Crippen molar-refractivity contribution in [2.45, 2.75) is 13.0 Å². The third-order valence-electron chi connectivity index (χ3n) is 4.07. The van der Waals surface area contributed by atoms with E-state index in [2.05, 4.69) is 20.6 Å². The molecule has 132 valence electrons. The maximum absolute atomic E-state index is 11.2. The zero-order valence-electron chi connectivity index (χ0n) is 14.6. The van der Waals surface area contributed by atoms with E-state index >= 15 is 0 Å². The van der Waals surface area contributed by atoms with E-state index in [0.717, 1.165) is 5.56 Å².